The van der Waals surface area contributed by atoms with Crippen LogP contribution in [0.1, 0.15) is 36.6 Å². The summed E-state index contributed by atoms with van der Waals surface area (Å²) < 4.78 is 59.0. The monoisotopic (exact) mass is 721 g/mol. The van der Waals surface area contributed by atoms with Gasteiger partial charge in [-0.1, -0.05) is 6.08 Å². The Balaban J connectivity index is 1.30. The van der Waals surface area contributed by atoms with Gasteiger partial charge in [-0.25, -0.2) is 28.5 Å². The highest BCUT2D eigenvalue weighted by Gasteiger charge is 2.46. The number of hydrogen-bond donors (Lipinski definition) is 1. The predicted molar refractivity (Wildman–Crippen MR) is 177 cm³/mol. The zero-order valence-electron chi connectivity index (χ0n) is 28.1. The van der Waals surface area contributed by atoms with E-state index in [1.54, 1.807) is 25.3 Å². The van der Waals surface area contributed by atoms with Gasteiger partial charge in [0.25, 0.3) is 5.56 Å². The highest BCUT2D eigenvalue weighted by Crippen LogP contribution is 2.52. The van der Waals surface area contributed by atoms with Crippen molar-refractivity contribution in [2.75, 3.05) is 14.2 Å². The van der Waals surface area contributed by atoms with Gasteiger partial charge in [0, 0.05) is 66.8 Å². The molecule has 14 nitrogen and oxygen atoms in total. The molecule has 0 radical (unpaired) electrons. The van der Waals surface area contributed by atoms with Crippen LogP contribution in [0.5, 0.6) is 23.0 Å². The van der Waals surface area contributed by atoms with Crippen LogP contribution < -0.4 is 31.1 Å². The fraction of sp³-hybridized carbons (Fsp3) is 0.314. The maximum atomic E-state index is 14.1. The molecule has 52 heavy (non-hydrogen) atoms. The molecule has 3 aliphatic rings. The first kappa shape index (κ1) is 34.3. The van der Waals surface area contributed by atoms with Crippen molar-refractivity contribution in [3.63, 3.8) is 0 Å². The van der Waals surface area contributed by atoms with Crippen molar-refractivity contribution in [1.29, 1.82) is 0 Å². The van der Waals surface area contributed by atoms with Crippen molar-refractivity contribution < 1.29 is 42.1 Å². The molecule has 0 saturated heterocycles. The van der Waals surface area contributed by atoms with E-state index in [0.717, 1.165) is 38.2 Å². The zero-order chi connectivity index (χ0) is 37.4. The number of alkyl halides is 3. The summed E-state index contributed by atoms with van der Waals surface area (Å²) in [6.45, 7) is 1.00. The Labute approximate surface area is 290 Å². The van der Waals surface area contributed by atoms with E-state index in [2.05, 4.69) is 9.72 Å². The minimum atomic E-state index is -5.06. The van der Waals surface area contributed by atoms with E-state index in [9.17, 15) is 42.3 Å². The Morgan fingerprint density at radius 1 is 1.00 bits per heavy atom. The number of aromatic hydroxyl groups is 1. The number of rotatable bonds is 7. The lowest BCUT2D eigenvalue weighted by molar-refractivity contribution is -0.274. The zero-order valence-corrected chi connectivity index (χ0v) is 28.1. The van der Waals surface area contributed by atoms with E-state index < -0.39 is 58.3 Å². The third-order valence-electron chi connectivity index (χ3n) is 9.68. The van der Waals surface area contributed by atoms with Crippen LogP contribution in [0, 0.1) is 0 Å². The van der Waals surface area contributed by atoms with E-state index in [1.165, 1.54) is 25.7 Å². The average molecular weight is 722 g/mol. The van der Waals surface area contributed by atoms with Crippen molar-refractivity contribution in [2.45, 2.75) is 51.2 Å². The molecular weight excluding hydrogens is 691 g/mol. The minimum absolute atomic E-state index is 0.000704. The van der Waals surface area contributed by atoms with Crippen LogP contribution in [0.15, 0.2) is 79.2 Å². The molecule has 2 aromatic carbocycles. The molecule has 0 fully saturated rings. The molecule has 270 valence electrons. The summed E-state index contributed by atoms with van der Waals surface area (Å²) in [7, 11) is 4.46. The smallest absolute Gasteiger partial charge is 0.508 e. The molecule has 1 aliphatic heterocycles. The summed E-state index contributed by atoms with van der Waals surface area (Å²) >= 11 is 0. The minimum Gasteiger partial charge on any atom is -0.508 e. The molecule has 0 spiro atoms. The fourth-order valence-electron chi connectivity index (χ4n) is 7.28. The highest BCUT2D eigenvalue weighted by molar-refractivity contribution is 6.23. The largest absolute Gasteiger partial charge is 0.573 e. The molecule has 7 rings (SSSR count). The number of halogens is 3. The van der Waals surface area contributed by atoms with Crippen LogP contribution in [-0.4, -0.2) is 60.7 Å². The number of phenols is 1. The van der Waals surface area contributed by atoms with Crippen LogP contribution in [0.4, 0.5) is 13.2 Å². The number of aromatic nitrogens is 5. The highest BCUT2D eigenvalue weighted by atomic mass is 19.4. The molecule has 0 amide bonds. The van der Waals surface area contributed by atoms with Crippen LogP contribution in [0.3, 0.4) is 0 Å². The number of carbonyl (C=O) groups is 2. The van der Waals surface area contributed by atoms with E-state index in [-0.39, 0.29) is 53.9 Å². The number of ether oxygens (including phenoxy) is 3. The molecule has 2 aliphatic carbocycles. The molecular formula is C35H30F3N5O9. The third kappa shape index (κ3) is 5.43. The average Bonchev–Trinajstić information content (AvgIpc) is 3.35. The quantitative estimate of drug-likeness (QED) is 0.222. The van der Waals surface area contributed by atoms with Gasteiger partial charge in [0.15, 0.2) is 23.1 Å². The Bertz CT molecular complexity index is 2520. The van der Waals surface area contributed by atoms with E-state index in [1.807, 2.05) is 0 Å². The summed E-state index contributed by atoms with van der Waals surface area (Å²) in [5.74, 6) is -2.73. The number of phenolic OH excluding ortho intramolecular Hbond substituents is 1. The van der Waals surface area contributed by atoms with Crippen LogP contribution in [-0.2, 0) is 36.1 Å². The number of allylic oxidation sites excluding steroid dienone is 6. The number of ketones is 2. The standard InChI is InChI=1S/C35H30F3N5O9/c1-16-11-26(45)20-13-23-18(29(30(20)31(16)46)19-12-17(5-6-25(19)44)52-35(36,37)38)7-10-42-33(48)41(34(49)43(23)42)9-8-21-32(47)40(2)24-15-28(51-4)27(50-3)14-22(24)39-21/h5-7,11-12,14-15,23,29,44H,8-10,13H2,1-4H3/t23-,29-/m1/s1. The number of hydrogen-bond acceptors (Lipinski definition) is 10. The number of fused-ring (bicyclic) bond motifs is 4. The van der Waals surface area contributed by atoms with Gasteiger partial charge in [0.1, 0.15) is 17.2 Å². The Morgan fingerprint density at radius 3 is 2.40 bits per heavy atom. The Kier molecular flexibility index (Phi) is 8.10. The lowest BCUT2D eigenvalue weighted by Gasteiger charge is -2.39. The summed E-state index contributed by atoms with van der Waals surface area (Å²) in [4.78, 5) is 72.6. The molecule has 0 unspecified atom stereocenters. The van der Waals surface area contributed by atoms with Gasteiger partial charge < -0.3 is 23.9 Å². The SMILES string of the molecule is COc1cc2nc(CCn3c(=O)n4n(c3=O)[C@@H]3CC5=C(C(=O)C(C)=CC5=O)[C@@H](c5cc(OC(F)(F)F)ccc5O)C3=CC4)c(=O)n(C)c2cc1OC. The van der Waals surface area contributed by atoms with E-state index >= 15 is 0 Å². The van der Waals surface area contributed by atoms with Gasteiger partial charge in [0.2, 0.25) is 0 Å². The summed E-state index contributed by atoms with van der Waals surface area (Å²) in [6.07, 6.45) is -2.66. The maximum Gasteiger partial charge on any atom is 0.573 e. The summed E-state index contributed by atoms with van der Waals surface area (Å²) in [5, 5.41) is 11.0. The second kappa shape index (κ2) is 12.3. The number of carbonyl (C=O) groups excluding carboxylic acids is 2. The van der Waals surface area contributed by atoms with Gasteiger partial charge in [0.05, 0.1) is 37.8 Å². The molecule has 2 aromatic heterocycles. The summed E-state index contributed by atoms with van der Waals surface area (Å²) in [5.41, 5.74) is -0.803. The molecule has 3 heterocycles. The Morgan fingerprint density at radius 2 is 1.71 bits per heavy atom. The fourth-order valence-corrected chi connectivity index (χ4v) is 7.28. The van der Waals surface area contributed by atoms with Crippen molar-refractivity contribution in [3.05, 3.63) is 107 Å². The van der Waals surface area contributed by atoms with Crippen molar-refractivity contribution in [3.8, 4) is 23.0 Å². The van der Waals surface area contributed by atoms with Crippen LogP contribution >= 0.6 is 0 Å². The molecule has 17 heteroatoms. The number of nitrogens with zero attached hydrogens (tertiary/aromatic N) is 5. The van der Waals surface area contributed by atoms with E-state index in [4.69, 9.17) is 9.47 Å². The van der Waals surface area contributed by atoms with Gasteiger partial charge in [-0.3, -0.25) is 14.4 Å². The van der Waals surface area contributed by atoms with E-state index in [0.29, 0.717) is 28.1 Å². The Hall–Kier alpha value is -6.13. The van der Waals surface area contributed by atoms with Gasteiger partial charge in [-0.05, 0) is 36.8 Å². The number of aryl methyl sites for hydroxylation is 2. The van der Waals surface area contributed by atoms with Gasteiger partial charge in [-0.2, -0.15) is 0 Å². The second-order valence-corrected chi connectivity index (χ2v) is 12.6. The topological polar surface area (TPSA) is 166 Å². The molecule has 1 N–H and O–H groups in total. The lowest BCUT2D eigenvalue weighted by atomic mass is 9.67. The number of methoxy groups -OCH3 is 2. The predicted octanol–water partition coefficient (Wildman–Crippen LogP) is 2.99. The molecule has 4 aromatic rings. The maximum absolute atomic E-state index is 14.1. The summed E-state index contributed by atoms with van der Waals surface area (Å²) in [6, 6.07) is 4.99. The van der Waals surface area contributed by atoms with Crippen LogP contribution in [0.2, 0.25) is 0 Å². The lowest BCUT2D eigenvalue weighted by Crippen LogP contribution is -2.41. The van der Waals surface area contributed by atoms with Crippen molar-refractivity contribution in [2.24, 2.45) is 7.05 Å². The van der Waals surface area contributed by atoms with Crippen molar-refractivity contribution in [1.82, 2.24) is 23.5 Å². The molecule has 0 saturated carbocycles. The molecule has 2 atom stereocenters. The van der Waals surface area contributed by atoms with Gasteiger partial charge >= 0.3 is 17.7 Å². The molecule has 0 bridgehead atoms. The third-order valence-corrected chi connectivity index (χ3v) is 9.68. The number of benzene rings is 2. The first-order chi connectivity index (χ1) is 24.6. The van der Waals surface area contributed by atoms with Crippen molar-refractivity contribution >= 4 is 22.6 Å². The van der Waals surface area contributed by atoms with Gasteiger partial charge in [-0.15, -0.1) is 13.2 Å². The first-order valence-electron chi connectivity index (χ1n) is 16.0. The second-order valence-electron chi connectivity index (χ2n) is 12.6. The first-order valence-corrected chi connectivity index (χ1v) is 16.0. The normalized spacial score (nSPS) is 18.4. The van der Waals surface area contributed by atoms with Crippen LogP contribution in [0.25, 0.3) is 11.0 Å². The number of Topliss-reactive ketones (excluding diaryl/α,β-unsaturated/α-hetero) is 1.